The second kappa shape index (κ2) is 11.0. The summed E-state index contributed by atoms with van der Waals surface area (Å²) in [6.45, 7) is 14.4. The van der Waals surface area contributed by atoms with Crippen LogP contribution in [0.5, 0.6) is 0 Å². The molecule has 0 aromatic carbocycles. The largest absolute Gasteiger partial charge is 0.493 e. The molecule has 2 heteroatoms. The van der Waals surface area contributed by atoms with Gasteiger partial charge in [0.15, 0.2) is 0 Å². The maximum Gasteiger partial charge on any atom is 0.110 e. The quantitative estimate of drug-likeness (QED) is 0.376. The van der Waals surface area contributed by atoms with Gasteiger partial charge in [0.05, 0.1) is 0 Å². The molecule has 2 aliphatic rings. The van der Waals surface area contributed by atoms with Gasteiger partial charge >= 0.3 is 0 Å². The second-order valence-corrected chi connectivity index (χ2v) is 8.99. The Balaban J connectivity index is 2.18. The van der Waals surface area contributed by atoms with Crippen molar-refractivity contribution in [3.63, 3.8) is 0 Å². The van der Waals surface area contributed by atoms with E-state index in [-0.39, 0.29) is 0 Å². The predicted octanol–water partition coefficient (Wildman–Crippen LogP) is 8.05. The zero-order valence-corrected chi connectivity index (χ0v) is 19.9. The third kappa shape index (κ3) is 6.08. The van der Waals surface area contributed by atoms with Crippen LogP contribution in [0.1, 0.15) is 73.6 Å². The van der Waals surface area contributed by atoms with Crippen molar-refractivity contribution in [3.05, 3.63) is 69.3 Å². The molecule has 0 aromatic heterocycles. The molecule has 0 bridgehead atoms. The first-order chi connectivity index (χ1) is 13.4. The molecular weight excluding hydrogens is 359 g/mol. The molecule has 2 aliphatic carbocycles. The van der Waals surface area contributed by atoms with Gasteiger partial charge in [-0.1, -0.05) is 63.5 Å². The van der Waals surface area contributed by atoms with Crippen LogP contribution in [0.4, 0.5) is 0 Å². The van der Waals surface area contributed by atoms with Crippen LogP contribution in [0, 0.1) is 11.8 Å². The summed E-state index contributed by atoms with van der Waals surface area (Å²) in [5, 5.41) is 1.29. The van der Waals surface area contributed by atoms with Gasteiger partial charge in [-0.25, -0.2) is 0 Å². The summed E-state index contributed by atoms with van der Waals surface area (Å²) in [6.07, 6.45) is 17.0. The molecule has 154 valence electrons. The number of ether oxygens (including phenoxy) is 1. The normalized spacial score (nSPS) is 19.6. The molecule has 0 heterocycles. The first kappa shape index (κ1) is 23.0. The van der Waals surface area contributed by atoms with Gasteiger partial charge in [0.1, 0.15) is 12.4 Å². The molecule has 0 saturated carbocycles. The molecule has 0 amide bonds. The number of hydrogen-bond acceptors (Lipinski definition) is 1. The summed E-state index contributed by atoms with van der Waals surface area (Å²) in [7, 11) is 2.84. The van der Waals surface area contributed by atoms with E-state index >= 15 is 0 Å². The smallest absolute Gasteiger partial charge is 0.110 e. The van der Waals surface area contributed by atoms with Crippen molar-refractivity contribution in [1.82, 2.24) is 0 Å². The van der Waals surface area contributed by atoms with E-state index in [0.29, 0.717) is 12.5 Å². The zero-order valence-electron chi connectivity index (χ0n) is 18.8. The van der Waals surface area contributed by atoms with Crippen LogP contribution in [0.3, 0.4) is 0 Å². The minimum Gasteiger partial charge on any atom is -0.493 e. The lowest BCUT2D eigenvalue weighted by Crippen LogP contribution is -2.08. The van der Waals surface area contributed by atoms with E-state index in [1.165, 1.54) is 46.0 Å². The molecule has 2 rings (SSSR count). The van der Waals surface area contributed by atoms with Crippen LogP contribution in [-0.4, -0.2) is 6.61 Å². The molecule has 0 aromatic rings. The van der Waals surface area contributed by atoms with Gasteiger partial charge in [-0.3, -0.25) is 0 Å². The topological polar surface area (TPSA) is 9.23 Å². The fourth-order valence-electron chi connectivity index (χ4n) is 4.23. The van der Waals surface area contributed by atoms with E-state index in [4.69, 9.17) is 4.74 Å². The number of rotatable bonds is 8. The zero-order chi connectivity index (χ0) is 20.7. The lowest BCUT2D eigenvalue weighted by Gasteiger charge is -2.20. The molecule has 0 aliphatic heterocycles. The summed E-state index contributed by atoms with van der Waals surface area (Å²) in [6, 6.07) is 0. The third-order valence-corrected chi connectivity index (χ3v) is 7.00. The monoisotopic (exact) mass is 398 g/mol. The standard InChI is InChI=1S/C26H39OP/c1-7-22(8-2)19(4)15-20(5)25-14-13-24(16-18(3)21(25)6)27-17-23-11-9-10-12-26(23)28/h10,12-15,19,22H,7-9,11,16-17,28H2,1-6H3. The van der Waals surface area contributed by atoms with Crippen molar-refractivity contribution in [3.8, 4) is 0 Å². The highest BCUT2D eigenvalue weighted by molar-refractivity contribution is 7.23. The molecule has 1 nitrogen and oxygen atoms in total. The van der Waals surface area contributed by atoms with E-state index in [0.717, 1.165) is 30.9 Å². The highest BCUT2D eigenvalue weighted by Crippen LogP contribution is 2.32. The van der Waals surface area contributed by atoms with Gasteiger partial charge in [0, 0.05) is 6.42 Å². The lowest BCUT2D eigenvalue weighted by atomic mass is 9.86. The van der Waals surface area contributed by atoms with Crippen molar-refractivity contribution in [2.75, 3.05) is 6.61 Å². The van der Waals surface area contributed by atoms with Crippen LogP contribution in [0.25, 0.3) is 0 Å². The third-order valence-electron chi connectivity index (χ3n) is 6.40. The van der Waals surface area contributed by atoms with Crippen LogP contribution in [0.2, 0.25) is 0 Å². The first-order valence-corrected chi connectivity index (χ1v) is 11.5. The minimum absolute atomic E-state index is 0.610. The second-order valence-electron chi connectivity index (χ2n) is 8.37. The fraction of sp³-hybridized carbons (Fsp3) is 0.538. The maximum absolute atomic E-state index is 6.23. The molecule has 0 fully saturated rings. The van der Waals surface area contributed by atoms with Crippen LogP contribution in [-0.2, 0) is 4.74 Å². The van der Waals surface area contributed by atoms with Gasteiger partial charge in [-0.15, -0.1) is 9.24 Å². The fourth-order valence-corrected chi connectivity index (χ4v) is 4.59. The van der Waals surface area contributed by atoms with Crippen molar-refractivity contribution in [1.29, 1.82) is 0 Å². The first-order valence-electron chi connectivity index (χ1n) is 10.9. The average molecular weight is 399 g/mol. The van der Waals surface area contributed by atoms with Crippen LogP contribution in [0.15, 0.2) is 69.3 Å². The summed E-state index contributed by atoms with van der Waals surface area (Å²) < 4.78 is 6.23. The Morgan fingerprint density at radius 3 is 2.57 bits per heavy atom. The molecular formula is C26H39OP. The lowest BCUT2D eigenvalue weighted by molar-refractivity contribution is 0.230. The van der Waals surface area contributed by atoms with Gasteiger partial charge in [0.25, 0.3) is 0 Å². The Kier molecular flexibility index (Phi) is 9.03. The number of allylic oxidation sites excluding steroid dienone is 10. The van der Waals surface area contributed by atoms with Crippen molar-refractivity contribution >= 4 is 9.24 Å². The van der Waals surface area contributed by atoms with Crippen molar-refractivity contribution in [2.24, 2.45) is 11.8 Å². The summed E-state index contributed by atoms with van der Waals surface area (Å²) >= 11 is 0. The van der Waals surface area contributed by atoms with Gasteiger partial charge < -0.3 is 4.74 Å². The van der Waals surface area contributed by atoms with Crippen molar-refractivity contribution in [2.45, 2.75) is 73.6 Å². The molecule has 0 N–H and O–H groups in total. The van der Waals surface area contributed by atoms with E-state index < -0.39 is 0 Å². The highest BCUT2D eigenvalue weighted by atomic mass is 31.0. The highest BCUT2D eigenvalue weighted by Gasteiger charge is 2.16. The Hall–Kier alpha value is -1.33. The average Bonchev–Trinajstić information content (AvgIpc) is 2.81. The number of hydrogen-bond donors (Lipinski definition) is 0. The summed E-state index contributed by atoms with van der Waals surface area (Å²) in [5.41, 5.74) is 6.95. The molecule has 0 saturated heterocycles. The van der Waals surface area contributed by atoms with E-state index in [2.05, 4.69) is 81.2 Å². The Bertz CT molecular complexity index is 738. The maximum atomic E-state index is 6.23. The summed E-state index contributed by atoms with van der Waals surface area (Å²) in [5.74, 6) is 2.45. The van der Waals surface area contributed by atoms with Gasteiger partial charge in [0.2, 0.25) is 0 Å². The van der Waals surface area contributed by atoms with Crippen LogP contribution < -0.4 is 0 Å². The Labute approximate surface area is 175 Å². The predicted molar refractivity (Wildman–Crippen MR) is 127 cm³/mol. The minimum atomic E-state index is 0.610. The molecule has 0 radical (unpaired) electrons. The molecule has 28 heavy (non-hydrogen) atoms. The SMILES string of the molecule is CCC(CC)C(C)C=C(C)C1=CC=C(OCC2=C(P)C=CCC2)CC(C)=C1C. The Morgan fingerprint density at radius 1 is 1.21 bits per heavy atom. The van der Waals surface area contributed by atoms with Crippen molar-refractivity contribution < 1.29 is 4.74 Å². The van der Waals surface area contributed by atoms with Gasteiger partial charge in [-0.05, 0) is 79.1 Å². The molecule has 2 unspecified atom stereocenters. The van der Waals surface area contributed by atoms with Gasteiger partial charge in [-0.2, -0.15) is 0 Å². The summed E-state index contributed by atoms with van der Waals surface area (Å²) in [4.78, 5) is 0. The molecule has 2 atom stereocenters. The van der Waals surface area contributed by atoms with E-state index in [1.54, 1.807) is 0 Å². The van der Waals surface area contributed by atoms with E-state index in [1.807, 2.05) is 0 Å². The molecule has 0 spiro atoms. The van der Waals surface area contributed by atoms with E-state index in [9.17, 15) is 0 Å². The van der Waals surface area contributed by atoms with Crippen LogP contribution >= 0.6 is 9.24 Å². The Morgan fingerprint density at radius 2 is 1.93 bits per heavy atom.